The van der Waals surface area contributed by atoms with Crippen LogP contribution in [0.1, 0.15) is 43.9 Å². The quantitative estimate of drug-likeness (QED) is 0.648. The minimum atomic E-state index is 1.000. The summed E-state index contributed by atoms with van der Waals surface area (Å²) < 4.78 is 5.31. The van der Waals surface area contributed by atoms with Gasteiger partial charge in [0.1, 0.15) is 5.76 Å². The van der Waals surface area contributed by atoms with E-state index < -0.39 is 0 Å². The van der Waals surface area contributed by atoms with E-state index in [2.05, 4.69) is 30.3 Å². The average molecular weight is 252 g/mol. The van der Waals surface area contributed by atoms with Crippen molar-refractivity contribution in [2.75, 3.05) is 26.7 Å². The fourth-order valence-electron chi connectivity index (χ4n) is 2.11. The summed E-state index contributed by atoms with van der Waals surface area (Å²) in [6.45, 7) is 8.62. The third-order valence-electron chi connectivity index (χ3n) is 3.30. The summed E-state index contributed by atoms with van der Waals surface area (Å²) >= 11 is 0. The average Bonchev–Trinajstić information content (AvgIpc) is 2.74. The second-order valence-electron chi connectivity index (χ2n) is 5.01. The Morgan fingerprint density at radius 1 is 1.22 bits per heavy atom. The number of nitrogens with one attached hydrogen (secondary N) is 1. The van der Waals surface area contributed by atoms with Crippen LogP contribution in [-0.2, 0) is 6.54 Å². The smallest absolute Gasteiger partial charge is 0.105 e. The van der Waals surface area contributed by atoms with Gasteiger partial charge in [-0.25, -0.2) is 0 Å². The first-order chi connectivity index (χ1) is 8.74. The standard InChI is InChI=1S/C15H28N2O/c1-4-16-10-7-5-6-8-11-17(3)13-15-9-12-18-14(15)2/h9,12,16H,4-8,10-11,13H2,1-3H3. The van der Waals surface area contributed by atoms with Crippen LogP contribution < -0.4 is 5.32 Å². The summed E-state index contributed by atoms with van der Waals surface area (Å²) in [6.07, 6.45) is 7.04. The van der Waals surface area contributed by atoms with E-state index in [1.54, 1.807) is 6.26 Å². The summed E-state index contributed by atoms with van der Waals surface area (Å²) in [5, 5.41) is 3.36. The fourth-order valence-corrected chi connectivity index (χ4v) is 2.11. The van der Waals surface area contributed by atoms with Crippen molar-refractivity contribution in [2.45, 2.75) is 46.1 Å². The Hall–Kier alpha value is -0.800. The number of unbranched alkanes of at least 4 members (excludes halogenated alkanes) is 3. The molecule has 0 aliphatic carbocycles. The Kier molecular flexibility index (Phi) is 7.78. The summed E-state index contributed by atoms with van der Waals surface area (Å²) in [5.74, 6) is 1.05. The van der Waals surface area contributed by atoms with Crippen LogP contribution in [0.3, 0.4) is 0 Å². The Bertz CT molecular complexity index is 309. The van der Waals surface area contributed by atoms with Crippen molar-refractivity contribution in [3.05, 3.63) is 23.7 Å². The second kappa shape index (κ2) is 9.17. The molecule has 0 aliphatic rings. The van der Waals surface area contributed by atoms with Crippen LogP contribution in [0, 0.1) is 6.92 Å². The van der Waals surface area contributed by atoms with Crippen molar-refractivity contribution in [2.24, 2.45) is 0 Å². The van der Waals surface area contributed by atoms with Gasteiger partial charge in [0.15, 0.2) is 0 Å². The van der Waals surface area contributed by atoms with Crippen molar-refractivity contribution >= 4 is 0 Å². The minimum absolute atomic E-state index is 1.000. The zero-order chi connectivity index (χ0) is 13.2. The van der Waals surface area contributed by atoms with Crippen molar-refractivity contribution in [3.63, 3.8) is 0 Å². The third kappa shape index (κ3) is 6.22. The molecule has 0 saturated heterocycles. The molecule has 104 valence electrons. The molecule has 0 aromatic carbocycles. The molecule has 0 radical (unpaired) electrons. The van der Waals surface area contributed by atoms with E-state index in [4.69, 9.17) is 4.42 Å². The van der Waals surface area contributed by atoms with Gasteiger partial charge >= 0.3 is 0 Å². The molecule has 1 heterocycles. The van der Waals surface area contributed by atoms with E-state index in [1.807, 2.05) is 6.92 Å². The van der Waals surface area contributed by atoms with Crippen molar-refractivity contribution in [3.8, 4) is 0 Å². The number of hydrogen-bond donors (Lipinski definition) is 1. The summed E-state index contributed by atoms with van der Waals surface area (Å²) in [7, 11) is 2.19. The first-order valence-corrected chi connectivity index (χ1v) is 7.16. The SMILES string of the molecule is CCNCCCCCCN(C)Cc1ccoc1C. The van der Waals surface area contributed by atoms with Crippen LogP contribution in [0.5, 0.6) is 0 Å². The van der Waals surface area contributed by atoms with Gasteiger partial charge in [0.25, 0.3) is 0 Å². The molecule has 1 aromatic heterocycles. The van der Waals surface area contributed by atoms with Gasteiger partial charge in [-0.05, 0) is 52.5 Å². The molecular formula is C15H28N2O. The molecular weight excluding hydrogens is 224 g/mol. The van der Waals surface area contributed by atoms with Crippen LogP contribution in [0.15, 0.2) is 16.7 Å². The van der Waals surface area contributed by atoms with Gasteiger partial charge < -0.3 is 14.6 Å². The Morgan fingerprint density at radius 3 is 2.67 bits per heavy atom. The summed E-state index contributed by atoms with van der Waals surface area (Å²) in [5.41, 5.74) is 1.31. The molecule has 3 nitrogen and oxygen atoms in total. The Balaban J connectivity index is 2.00. The van der Waals surface area contributed by atoms with E-state index in [1.165, 1.54) is 44.3 Å². The van der Waals surface area contributed by atoms with Crippen LogP contribution in [-0.4, -0.2) is 31.6 Å². The van der Waals surface area contributed by atoms with E-state index in [0.717, 1.165) is 18.8 Å². The van der Waals surface area contributed by atoms with E-state index in [-0.39, 0.29) is 0 Å². The Labute approximate surface area is 112 Å². The molecule has 0 saturated carbocycles. The molecule has 0 spiro atoms. The number of furan rings is 1. The zero-order valence-electron chi connectivity index (χ0n) is 12.2. The highest BCUT2D eigenvalue weighted by atomic mass is 16.3. The van der Waals surface area contributed by atoms with Gasteiger partial charge in [0, 0.05) is 12.1 Å². The molecule has 18 heavy (non-hydrogen) atoms. The minimum Gasteiger partial charge on any atom is -0.469 e. The summed E-state index contributed by atoms with van der Waals surface area (Å²) in [6, 6.07) is 2.07. The lowest BCUT2D eigenvalue weighted by molar-refractivity contribution is 0.314. The lowest BCUT2D eigenvalue weighted by Gasteiger charge is -2.15. The highest BCUT2D eigenvalue weighted by Gasteiger charge is 2.04. The second-order valence-corrected chi connectivity index (χ2v) is 5.01. The van der Waals surface area contributed by atoms with Crippen LogP contribution in [0.25, 0.3) is 0 Å². The maximum absolute atomic E-state index is 5.31. The van der Waals surface area contributed by atoms with Crippen LogP contribution in [0.2, 0.25) is 0 Å². The first kappa shape index (κ1) is 15.3. The number of hydrogen-bond acceptors (Lipinski definition) is 3. The number of rotatable bonds is 10. The first-order valence-electron chi connectivity index (χ1n) is 7.16. The molecule has 0 amide bonds. The van der Waals surface area contributed by atoms with E-state index in [0.29, 0.717) is 0 Å². The topological polar surface area (TPSA) is 28.4 Å². The van der Waals surface area contributed by atoms with E-state index in [9.17, 15) is 0 Å². The molecule has 0 unspecified atom stereocenters. The molecule has 0 aliphatic heterocycles. The van der Waals surface area contributed by atoms with Gasteiger partial charge in [-0.15, -0.1) is 0 Å². The molecule has 0 bridgehead atoms. The summed E-state index contributed by atoms with van der Waals surface area (Å²) in [4.78, 5) is 2.38. The predicted molar refractivity (Wildman–Crippen MR) is 76.8 cm³/mol. The number of nitrogens with zero attached hydrogens (tertiary/aromatic N) is 1. The normalized spacial score (nSPS) is 11.3. The lowest BCUT2D eigenvalue weighted by atomic mass is 10.2. The predicted octanol–water partition coefficient (Wildman–Crippen LogP) is 3.19. The fraction of sp³-hybridized carbons (Fsp3) is 0.733. The maximum atomic E-state index is 5.31. The van der Waals surface area contributed by atoms with Gasteiger partial charge in [0.2, 0.25) is 0 Å². The molecule has 0 fully saturated rings. The van der Waals surface area contributed by atoms with Crippen molar-refractivity contribution < 1.29 is 4.42 Å². The Morgan fingerprint density at radius 2 is 2.00 bits per heavy atom. The van der Waals surface area contributed by atoms with Crippen LogP contribution in [0.4, 0.5) is 0 Å². The van der Waals surface area contributed by atoms with Gasteiger partial charge in [-0.2, -0.15) is 0 Å². The van der Waals surface area contributed by atoms with Gasteiger partial charge in [-0.3, -0.25) is 0 Å². The highest BCUT2D eigenvalue weighted by Crippen LogP contribution is 2.11. The monoisotopic (exact) mass is 252 g/mol. The highest BCUT2D eigenvalue weighted by molar-refractivity contribution is 5.14. The lowest BCUT2D eigenvalue weighted by Crippen LogP contribution is -2.19. The maximum Gasteiger partial charge on any atom is 0.105 e. The van der Waals surface area contributed by atoms with Crippen molar-refractivity contribution in [1.29, 1.82) is 0 Å². The molecule has 1 rings (SSSR count). The zero-order valence-corrected chi connectivity index (χ0v) is 12.2. The third-order valence-corrected chi connectivity index (χ3v) is 3.30. The molecule has 3 heteroatoms. The molecule has 1 N–H and O–H groups in total. The molecule has 0 atom stereocenters. The van der Waals surface area contributed by atoms with Crippen molar-refractivity contribution in [1.82, 2.24) is 10.2 Å². The van der Waals surface area contributed by atoms with E-state index >= 15 is 0 Å². The molecule has 1 aromatic rings. The van der Waals surface area contributed by atoms with Gasteiger partial charge in [-0.1, -0.05) is 19.8 Å². The largest absolute Gasteiger partial charge is 0.469 e. The van der Waals surface area contributed by atoms with Gasteiger partial charge in [0.05, 0.1) is 6.26 Å². The number of aryl methyl sites for hydroxylation is 1. The van der Waals surface area contributed by atoms with Crippen LogP contribution >= 0.6 is 0 Å².